The minimum absolute atomic E-state index is 0.0913. The molecule has 0 radical (unpaired) electrons. The molecule has 0 aromatic carbocycles. The summed E-state index contributed by atoms with van der Waals surface area (Å²) in [4.78, 5) is 19.9. The molecule has 19 heavy (non-hydrogen) atoms. The van der Waals surface area contributed by atoms with Crippen LogP contribution >= 0.6 is 0 Å². The maximum atomic E-state index is 11.9. The van der Waals surface area contributed by atoms with Crippen LogP contribution in [0.5, 0.6) is 0 Å². The maximum absolute atomic E-state index is 11.9. The minimum atomic E-state index is -0.587. The van der Waals surface area contributed by atoms with Gasteiger partial charge in [0.15, 0.2) is 5.69 Å². The first-order chi connectivity index (χ1) is 8.94. The van der Waals surface area contributed by atoms with E-state index in [2.05, 4.69) is 21.8 Å². The number of aliphatic hydroxyl groups excluding tert-OH is 1. The Morgan fingerprint density at radius 1 is 1.37 bits per heavy atom. The first-order valence-electron chi connectivity index (χ1n) is 6.08. The van der Waals surface area contributed by atoms with Gasteiger partial charge < -0.3 is 9.84 Å². The highest BCUT2D eigenvalue weighted by Crippen LogP contribution is 2.12. The van der Waals surface area contributed by atoms with Crippen molar-refractivity contribution >= 4 is 5.97 Å². The van der Waals surface area contributed by atoms with Crippen LogP contribution in [0, 0.1) is 11.8 Å². The standard InChI is InChI=1S/C14H18N2O3/c1-14(2,3)19-13(18)12-11(15-8-9-16-12)7-5-4-6-10-17/h8-9,17H,4,6,10H2,1-3H3. The predicted octanol–water partition coefficient (Wildman–Crippen LogP) is 1.56. The lowest BCUT2D eigenvalue weighted by atomic mass is 10.2. The van der Waals surface area contributed by atoms with Gasteiger partial charge in [-0.1, -0.05) is 5.92 Å². The number of ether oxygens (including phenoxy) is 1. The molecule has 1 aromatic rings. The number of hydrogen-bond donors (Lipinski definition) is 1. The van der Waals surface area contributed by atoms with E-state index < -0.39 is 11.6 Å². The summed E-state index contributed by atoms with van der Waals surface area (Å²) in [7, 11) is 0. The zero-order valence-electron chi connectivity index (χ0n) is 11.4. The number of hydrogen-bond acceptors (Lipinski definition) is 5. The van der Waals surface area contributed by atoms with Crippen LogP contribution in [0.3, 0.4) is 0 Å². The molecule has 0 fully saturated rings. The number of carbonyl (C=O) groups excluding carboxylic acids is 1. The lowest BCUT2D eigenvalue weighted by Gasteiger charge is -2.19. The van der Waals surface area contributed by atoms with Crippen molar-refractivity contribution in [3.63, 3.8) is 0 Å². The molecule has 0 spiro atoms. The van der Waals surface area contributed by atoms with E-state index in [1.807, 2.05) is 0 Å². The molecule has 1 heterocycles. The molecular formula is C14H18N2O3. The van der Waals surface area contributed by atoms with E-state index in [9.17, 15) is 4.79 Å². The van der Waals surface area contributed by atoms with Crippen LogP contribution in [0.25, 0.3) is 0 Å². The van der Waals surface area contributed by atoms with E-state index in [1.54, 1.807) is 20.8 Å². The zero-order chi connectivity index (χ0) is 14.3. The molecule has 0 amide bonds. The highest BCUT2D eigenvalue weighted by atomic mass is 16.6. The number of nitrogens with zero attached hydrogens (tertiary/aromatic N) is 2. The van der Waals surface area contributed by atoms with Gasteiger partial charge in [0.1, 0.15) is 11.3 Å². The Labute approximate surface area is 113 Å². The Kier molecular flexibility index (Phi) is 5.46. The Hall–Kier alpha value is -1.93. The quantitative estimate of drug-likeness (QED) is 0.508. The van der Waals surface area contributed by atoms with Crippen molar-refractivity contribution in [2.24, 2.45) is 0 Å². The molecule has 0 bridgehead atoms. The lowest BCUT2D eigenvalue weighted by molar-refractivity contribution is 0.00619. The summed E-state index contributed by atoms with van der Waals surface area (Å²) in [5.41, 5.74) is -0.167. The third-order valence-corrected chi connectivity index (χ3v) is 1.96. The van der Waals surface area contributed by atoms with E-state index in [0.717, 1.165) is 0 Å². The molecule has 1 rings (SSSR count). The minimum Gasteiger partial charge on any atom is -0.455 e. The molecule has 102 valence electrons. The molecule has 5 nitrogen and oxygen atoms in total. The number of aliphatic hydroxyl groups is 1. The third-order valence-electron chi connectivity index (χ3n) is 1.96. The van der Waals surface area contributed by atoms with Crippen molar-refractivity contribution in [1.29, 1.82) is 0 Å². The van der Waals surface area contributed by atoms with Crippen LogP contribution in [0.2, 0.25) is 0 Å². The van der Waals surface area contributed by atoms with E-state index >= 15 is 0 Å². The molecule has 0 unspecified atom stereocenters. The predicted molar refractivity (Wildman–Crippen MR) is 70.4 cm³/mol. The second kappa shape index (κ2) is 6.86. The Morgan fingerprint density at radius 3 is 2.68 bits per heavy atom. The van der Waals surface area contributed by atoms with Crippen molar-refractivity contribution in [1.82, 2.24) is 9.97 Å². The van der Waals surface area contributed by atoms with Gasteiger partial charge in [-0.2, -0.15) is 0 Å². The summed E-state index contributed by atoms with van der Waals surface area (Å²) in [6, 6.07) is 0. The molecule has 1 N–H and O–H groups in total. The normalized spacial score (nSPS) is 10.5. The summed E-state index contributed by atoms with van der Waals surface area (Å²) < 4.78 is 5.24. The highest BCUT2D eigenvalue weighted by Gasteiger charge is 2.21. The smallest absolute Gasteiger partial charge is 0.360 e. The summed E-state index contributed by atoms with van der Waals surface area (Å²) in [6.07, 6.45) is 4.04. The van der Waals surface area contributed by atoms with E-state index in [4.69, 9.17) is 9.84 Å². The number of rotatable bonds is 3. The average molecular weight is 262 g/mol. The van der Waals surface area contributed by atoms with E-state index in [0.29, 0.717) is 18.5 Å². The molecule has 0 saturated carbocycles. The Bertz CT molecular complexity index is 495. The molecule has 5 heteroatoms. The molecule has 0 aliphatic rings. The van der Waals surface area contributed by atoms with Crippen LogP contribution < -0.4 is 0 Å². The summed E-state index contributed by atoms with van der Waals surface area (Å²) in [5, 5.41) is 8.66. The van der Waals surface area contributed by atoms with Gasteiger partial charge >= 0.3 is 5.97 Å². The van der Waals surface area contributed by atoms with Crippen molar-refractivity contribution in [2.45, 2.75) is 39.2 Å². The van der Waals surface area contributed by atoms with Crippen molar-refractivity contribution < 1.29 is 14.6 Å². The maximum Gasteiger partial charge on any atom is 0.360 e. The van der Waals surface area contributed by atoms with Gasteiger partial charge in [0.05, 0.1) is 0 Å². The zero-order valence-corrected chi connectivity index (χ0v) is 11.4. The third kappa shape index (κ3) is 5.49. The molecule has 0 aliphatic carbocycles. The molecule has 0 aliphatic heterocycles. The van der Waals surface area contributed by atoms with Crippen LogP contribution in [0.1, 0.15) is 49.8 Å². The van der Waals surface area contributed by atoms with Crippen LogP contribution in [0.15, 0.2) is 12.4 Å². The SMILES string of the molecule is CC(C)(C)OC(=O)c1nccnc1C#CCCCO. The summed E-state index contributed by atoms with van der Waals surface area (Å²) in [5.74, 6) is 5.08. The first kappa shape index (κ1) is 15.1. The van der Waals surface area contributed by atoms with Crippen LogP contribution in [-0.2, 0) is 4.74 Å². The second-order valence-corrected chi connectivity index (χ2v) is 4.88. The molecule has 0 atom stereocenters. The van der Waals surface area contributed by atoms with Crippen molar-refractivity contribution in [2.75, 3.05) is 6.61 Å². The number of carbonyl (C=O) groups is 1. The first-order valence-corrected chi connectivity index (χ1v) is 6.08. The van der Waals surface area contributed by atoms with Gasteiger partial charge in [-0.05, 0) is 33.1 Å². The van der Waals surface area contributed by atoms with Crippen LogP contribution in [-0.4, -0.2) is 33.3 Å². The summed E-state index contributed by atoms with van der Waals surface area (Å²) in [6.45, 7) is 5.45. The summed E-state index contributed by atoms with van der Waals surface area (Å²) >= 11 is 0. The molecule has 1 aromatic heterocycles. The fraction of sp³-hybridized carbons (Fsp3) is 0.500. The van der Waals surface area contributed by atoms with Gasteiger partial charge in [0, 0.05) is 25.4 Å². The fourth-order valence-electron chi connectivity index (χ4n) is 1.22. The Balaban J connectivity index is 2.88. The van der Waals surface area contributed by atoms with Crippen LogP contribution in [0.4, 0.5) is 0 Å². The number of aromatic nitrogens is 2. The topological polar surface area (TPSA) is 72.3 Å². The van der Waals surface area contributed by atoms with Crippen molar-refractivity contribution in [3.05, 3.63) is 23.8 Å². The second-order valence-electron chi connectivity index (χ2n) is 4.88. The largest absolute Gasteiger partial charge is 0.455 e. The molecule has 0 saturated heterocycles. The fourth-order valence-corrected chi connectivity index (χ4v) is 1.22. The Morgan fingerprint density at radius 2 is 2.05 bits per heavy atom. The van der Waals surface area contributed by atoms with E-state index in [-0.39, 0.29) is 12.3 Å². The van der Waals surface area contributed by atoms with Crippen molar-refractivity contribution in [3.8, 4) is 11.8 Å². The van der Waals surface area contributed by atoms with Gasteiger partial charge in [0.25, 0.3) is 0 Å². The number of unbranched alkanes of at least 4 members (excludes halogenated alkanes) is 1. The number of esters is 1. The monoisotopic (exact) mass is 262 g/mol. The van der Waals surface area contributed by atoms with Gasteiger partial charge in [-0.15, -0.1) is 0 Å². The van der Waals surface area contributed by atoms with Gasteiger partial charge in [-0.25, -0.2) is 14.8 Å². The molecular weight excluding hydrogens is 244 g/mol. The van der Waals surface area contributed by atoms with Gasteiger partial charge in [0.2, 0.25) is 0 Å². The average Bonchev–Trinajstić information content (AvgIpc) is 2.33. The van der Waals surface area contributed by atoms with E-state index in [1.165, 1.54) is 12.4 Å². The highest BCUT2D eigenvalue weighted by molar-refractivity contribution is 5.89. The lowest BCUT2D eigenvalue weighted by Crippen LogP contribution is -2.25. The van der Waals surface area contributed by atoms with Gasteiger partial charge in [-0.3, -0.25) is 0 Å².